The van der Waals surface area contributed by atoms with Crippen LogP contribution in [0.5, 0.6) is 0 Å². The second-order valence-corrected chi connectivity index (χ2v) is 8.53. The molecule has 8 nitrogen and oxygen atoms in total. The van der Waals surface area contributed by atoms with E-state index in [1.807, 2.05) is 0 Å². The number of nitrogens with one attached hydrogen (secondary N) is 1. The van der Waals surface area contributed by atoms with Crippen molar-refractivity contribution in [1.29, 1.82) is 0 Å². The van der Waals surface area contributed by atoms with Crippen molar-refractivity contribution in [2.75, 3.05) is 25.4 Å². The first kappa shape index (κ1) is 19.7. The van der Waals surface area contributed by atoms with Crippen LogP contribution in [0.15, 0.2) is 0 Å². The zero-order valence-electron chi connectivity index (χ0n) is 14.0. The average molecular weight is 349 g/mol. The lowest BCUT2D eigenvalue weighted by molar-refractivity contribution is -0.127. The van der Waals surface area contributed by atoms with Gasteiger partial charge in [-0.25, -0.2) is 18.4 Å². The Balaban J connectivity index is 2.19. The van der Waals surface area contributed by atoms with Crippen LogP contribution in [0.2, 0.25) is 0 Å². The van der Waals surface area contributed by atoms with Gasteiger partial charge in [0.05, 0.1) is 5.75 Å². The minimum atomic E-state index is -3.55. The number of carbonyl (C=O) groups excluding carboxylic acids is 2. The first-order valence-corrected chi connectivity index (χ1v) is 9.43. The fourth-order valence-corrected chi connectivity index (χ4v) is 3.32. The summed E-state index contributed by atoms with van der Waals surface area (Å²) in [4.78, 5) is 24.9. The first-order valence-electron chi connectivity index (χ1n) is 7.71. The third-order valence-electron chi connectivity index (χ3n) is 3.29. The number of primary sulfonamides is 1. The van der Waals surface area contributed by atoms with Crippen LogP contribution < -0.4 is 10.5 Å². The Labute approximate surface area is 137 Å². The molecule has 0 aromatic rings. The number of ether oxygens (including phenoxy) is 1. The van der Waals surface area contributed by atoms with Crippen LogP contribution in [0.1, 0.15) is 40.0 Å². The Morgan fingerprint density at radius 2 is 2.04 bits per heavy atom. The van der Waals surface area contributed by atoms with E-state index in [1.165, 1.54) is 0 Å². The fraction of sp³-hybridized carbons (Fsp3) is 0.857. The Kier molecular flexibility index (Phi) is 6.82. The van der Waals surface area contributed by atoms with Gasteiger partial charge in [-0.05, 0) is 33.6 Å². The fourth-order valence-electron chi connectivity index (χ4n) is 2.44. The maximum Gasteiger partial charge on any atom is 0.407 e. The van der Waals surface area contributed by atoms with Crippen LogP contribution in [0.3, 0.4) is 0 Å². The van der Waals surface area contributed by atoms with E-state index in [0.29, 0.717) is 26.1 Å². The molecule has 0 aliphatic carbocycles. The van der Waals surface area contributed by atoms with Gasteiger partial charge in [-0.2, -0.15) is 0 Å². The second kappa shape index (κ2) is 7.96. The quantitative estimate of drug-likeness (QED) is 0.646. The van der Waals surface area contributed by atoms with Gasteiger partial charge in [0.2, 0.25) is 15.9 Å². The molecule has 1 heterocycles. The highest BCUT2D eigenvalue weighted by atomic mass is 32.2. The van der Waals surface area contributed by atoms with Gasteiger partial charge >= 0.3 is 6.09 Å². The maximum atomic E-state index is 11.8. The molecule has 1 atom stereocenters. The normalized spacial score (nSPS) is 19.0. The van der Waals surface area contributed by atoms with Crippen LogP contribution >= 0.6 is 0 Å². The summed E-state index contributed by atoms with van der Waals surface area (Å²) in [7, 11) is -3.55. The number of amides is 2. The average Bonchev–Trinajstić information content (AvgIpc) is 2.64. The molecule has 1 aliphatic heterocycles. The summed E-state index contributed by atoms with van der Waals surface area (Å²) < 4.78 is 27.2. The van der Waals surface area contributed by atoms with Crippen LogP contribution in [-0.4, -0.2) is 56.3 Å². The molecular formula is C14H27N3O5S. The predicted octanol–water partition coefficient (Wildman–Crippen LogP) is 0.428. The minimum Gasteiger partial charge on any atom is -0.444 e. The largest absolute Gasteiger partial charge is 0.444 e. The van der Waals surface area contributed by atoms with Crippen molar-refractivity contribution in [3.63, 3.8) is 0 Å². The van der Waals surface area contributed by atoms with Crippen molar-refractivity contribution in [3.8, 4) is 0 Å². The molecule has 0 saturated carbocycles. The number of sulfonamides is 1. The number of alkyl carbamates (subject to hydrolysis) is 1. The molecule has 0 aromatic carbocycles. The van der Waals surface area contributed by atoms with E-state index in [-0.39, 0.29) is 24.0 Å². The van der Waals surface area contributed by atoms with Crippen LogP contribution in [0.25, 0.3) is 0 Å². The van der Waals surface area contributed by atoms with Gasteiger partial charge in [-0.15, -0.1) is 0 Å². The summed E-state index contributed by atoms with van der Waals surface area (Å²) in [6.07, 6.45) is 1.21. The summed E-state index contributed by atoms with van der Waals surface area (Å²) in [6.45, 7) is 6.83. The van der Waals surface area contributed by atoms with E-state index < -0.39 is 21.7 Å². The lowest BCUT2D eigenvalue weighted by Crippen LogP contribution is -2.33. The molecule has 3 N–H and O–H groups in total. The molecule has 9 heteroatoms. The van der Waals surface area contributed by atoms with Gasteiger partial charge < -0.3 is 15.0 Å². The highest BCUT2D eigenvalue weighted by Gasteiger charge is 2.31. The van der Waals surface area contributed by atoms with E-state index in [0.717, 1.165) is 6.42 Å². The first-order chi connectivity index (χ1) is 10.5. The number of nitrogens with zero attached hydrogens (tertiary/aromatic N) is 1. The molecule has 1 fully saturated rings. The summed E-state index contributed by atoms with van der Waals surface area (Å²) in [5.74, 6) is -0.425. The van der Waals surface area contributed by atoms with Crippen molar-refractivity contribution >= 4 is 22.0 Å². The molecule has 1 saturated heterocycles. The van der Waals surface area contributed by atoms with E-state index in [2.05, 4.69) is 5.32 Å². The molecule has 2 amide bonds. The topological polar surface area (TPSA) is 119 Å². The summed E-state index contributed by atoms with van der Waals surface area (Å²) in [6, 6.07) is 0. The van der Waals surface area contributed by atoms with Gasteiger partial charge in [0.1, 0.15) is 5.60 Å². The van der Waals surface area contributed by atoms with Crippen LogP contribution in [0.4, 0.5) is 4.79 Å². The highest BCUT2D eigenvalue weighted by Crippen LogP contribution is 2.19. The highest BCUT2D eigenvalue weighted by molar-refractivity contribution is 7.89. The third kappa shape index (κ3) is 8.75. The summed E-state index contributed by atoms with van der Waals surface area (Å²) in [5, 5.41) is 7.66. The lowest BCUT2D eigenvalue weighted by Gasteiger charge is -2.20. The summed E-state index contributed by atoms with van der Waals surface area (Å²) >= 11 is 0. The van der Waals surface area contributed by atoms with Crippen molar-refractivity contribution in [2.24, 2.45) is 11.1 Å². The van der Waals surface area contributed by atoms with E-state index in [1.54, 1.807) is 25.7 Å². The molecular weight excluding hydrogens is 322 g/mol. The van der Waals surface area contributed by atoms with Crippen molar-refractivity contribution in [1.82, 2.24) is 10.2 Å². The van der Waals surface area contributed by atoms with Gasteiger partial charge in [0.15, 0.2) is 0 Å². The number of rotatable bonds is 7. The molecule has 1 rings (SSSR count). The SMILES string of the molecule is CC(C)(C)OC(=O)NCCCCN1CC(CS(N)(=O)=O)CC1=O. The zero-order valence-corrected chi connectivity index (χ0v) is 14.8. The summed E-state index contributed by atoms with van der Waals surface area (Å²) in [5.41, 5.74) is -0.523. The molecule has 0 spiro atoms. The standard InChI is InChI=1S/C14H27N3O5S/c1-14(2,3)22-13(19)16-6-4-5-7-17-9-11(8-12(17)18)10-23(15,20)21/h11H,4-10H2,1-3H3,(H,16,19)(H2,15,20,21). The van der Waals surface area contributed by atoms with Gasteiger partial charge in [0, 0.05) is 32.0 Å². The Bertz CT molecular complexity index is 527. The molecule has 0 aromatic heterocycles. The Hall–Kier alpha value is -1.35. The number of hydrogen-bond donors (Lipinski definition) is 2. The lowest BCUT2D eigenvalue weighted by atomic mass is 10.1. The number of unbranched alkanes of at least 4 members (excludes halogenated alkanes) is 1. The van der Waals surface area contributed by atoms with Crippen molar-refractivity contribution in [2.45, 2.75) is 45.6 Å². The van der Waals surface area contributed by atoms with Crippen molar-refractivity contribution in [3.05, 3.63) is 0 Å². The van der Waals surface area contributed by atoms with Gasteiger partial charge in [0.25, 0.3) is 0 Å². The maximum absolute atomic E-state index is 11.8. The molecule has 1 aliphatic rings. The third-order valence-corrected chi connectivity index (χ3v) is 4.22. The zero-order chi connectivity index (χ0) is 17.7. The molecule has 0 bridgehead atoms. The van der Waals surface area contributed by atoms with Gasteiger partial charge in [-0.1, -0.05) is 0 Å². The van der Waals surface area contributed by atoms with Crippen molar-refractivity contribution < 1.29 is 22.7 Å². The monoisotopic (exact) mass is 349 g/mol. The number of nitrogens with two attached hydrogens (primary N) is 1. The molecule has 0 radical (unpaired) electrons. The number of likely N-dealkylation sites (tertiary alicyclic amines) is 1. The van der Waals surface area contributed by atoms with E-state index in [4.69, 9.17) is 9.88 Å². The molecule has 23 heavy (non-hydrogen) atoms. The van der Waals surface area contributed by atoms with Crippen LogP contribution in [-0.2, 0) is 19.6 Å². The van der Waals surface area contributed by atoms with Gasteiger partial charge in [-0.3, -0.25) is 4.79 Å². The predicted molar refractivity (Wildman–Crippen MR) is 86.1 cm³/mol. The Morgan fingerprint density at radius 1 is 1.39 bits per heavy atom. The number of hydrogen-bond acceptors (Lipinski definition) is 5. The smallest absolute Gasteiger partial charge is 0.407 e. The minimum absolute atomic E-state index is 0.0428. The van der Waals surface area contributed by atoms with Crippen LogP contribution in [0, 0.1) is 5.92 Å². The Morgan fingerprint density at radius 3 is 2.61 bits per heavy atom. The number of carbonyl (C=O) groups is 2. The van der Waals surface area contributed by atoms with E-state index >= 15 is 0 Å². The molecule has 1 unspecified atom stereocenters. The second-order valence-electron chi connectivity index (χ2n) is 6.88. The molecule has 134 valence electrons. The van der Waals surface area contributed by atoms with E-state index in [9.17, 15) is 18.0 Å².